The number of sulfonamides is 1. The van der Waals surface area contributed by atoms with Crippen LogP contribution >= 0.6 is 11.3 Å². The molecule has 0 unspecified atom stereocenters. The number of nitrogen functional groups attached to an aromatic ring is 1. The predicted octanol–water partition coefficient (Wildman–Crippen LogP) is 1.62. The second-order valence-corrected chi connectivity index (χ2v) is 9.77. The lowest BCUT2D eigenvalue weighted by atomic mass is 10.3. The lowest BCUT2D eigenvalue weighted by Crippen LogP contribution is -2.49. The summed E-state index contributed by atoms with van der Waals surface area (Å²) in [4.78, 5) is 11.7. The third-order valence-electron chi connectivity index (χ3n) is 4.79. The van der Waals surface area contributed by atoms with Crippen LogP contribution in [0.4, 0.5) is 11.6 Å². The number of nitrogens with zero attached hydrogens (tertiary/aromatic N) is 6. The van der Waals surface area contributed by atoms with Gasteiger partial charge in [0.05, 0.1) is 16.8 Å². The lowest BCUT2D eigenvalue weighted by molar-refractivity contribution is 0.384. The first-order chi connectivity index (χ1) is 13.9. The molecule has 0 aliphatic carbocycles. The SMILES string of the molecule is CCS(=O)(=O)N1CCN(c2cnc(N)c(-c3nnc(-c4sccc4C)o3)n2)CC1. The Morgan fingerprint density at radius 3 is 2.59 bits per heavy atom. The highest BCUT2D eigenvalue weighted by molar-refractivity contribution is 7.89. The van der Waals surface area contributed by atoms with E-state index in [0.29, 0.717) is 43.6 Å². The van der Waals surface area contributed by atoms with E-state index in [4.69, 9.17) is 10.2 Å². The maximum atomic E-state index is 12.0. The minimum absolute atomic E-state index is 0.0992. The molecule has 2 N–H and O–H groups in total. The highest BCUT2D eigenvalue weighted by atomic mass is 32.2. The molecule has 0 radical (unpaired) electrons. The topological polar surface area (TPSA) is 131 Å². The molecule has 0 bridgehead atoms. The van der Waals surface area contributed by atoms with Gasteiger partial charge in [-0.1, -0.05) is 0 Å². The van der Waals surface area contributed by atoms with Gasteiger partial charge in [0.2, 0.25) is 10.0 Å². The standard InChI is InChI=1S/C17H21N7O3S2/c1-3-29(25,26)24-7-5-23(6-8-24)12-10-19-15(18)13(20-12)16-21-22-17(27-16)14-11(2)4-9-28-14/h4,9-10H,3,5-8H2,1-2H3,(H2,18,19). The number of thiophene rings is 1. The van der Waals surface area contributed by atoms with E-state index in [9.17, 15) is 8.42 Å². The van der Waals surface area contributed by atoms with Crippen molar-refractivity contribution in [3.05, 3.63) is 23.2 Å². The maximum absolute atomic E-state index is 12.0. The molecule has 0 aromatic carbocycles. The smallest absolute Gasteiger partial charge is 0.270 e. The van der Waals surface area contributed by atoms with Gasteiger partial charge in [0.15, 0.2) is 11.5 Å². The van der Waals surface area contributed by atoms with Crippen molar-refractivity contribution in [2.24, 2.45) is 0 Å². The molecular weight excluding hydrogens is 414 g/mol. The Morgan fingerprint density at radius 1 is 1.21 bits per heavy atom. The molecule has 12 heteroatoms. The molecule has 0 atom stereocenters. The summed E-state index contributed by atoms with van der Waals surface area (Å²) in [6, 6.07) is 1.98. The van der Waals surface area contributed by atoms with Crippen molar-refractivity contribution in [2.45, 2.75) is 13.8 Å². The number of aromatic nitrogens is 4. The van der Waals surface area contributed by atoms with Gasteiger partial charge in [-0.15, -0.1) is 21.5 Å². The molecule has 3 aromatic heterocycles. The molecule has 0 saturated carbocycles. The second-order valence-electron chi connectivity index (χ2n) is 6.59. The van der Waals surface area contributed by atoms with Gasteiger partial charge in [-0.05, 0) is 30.9 Å². The minimum atomic E-state index is -3.19. The van der Waals surface area contributed by atoms with Gasteiger partial charge in [-0.25, -0.2) is 18.4 Å². The van der Waals surface area contributed by atoms with Crippen LogP contribution in [0, 0.1) is 6.92 Å². The van der Waals surface area contributed by atoms with Gasteiger partial charge in [0.1, 0.15) is 5.82 Å². The molecule has 29 heavy (non-hydrogen) atoms. The molecule has 4 rings (SSSR count). The van der Waals surface area contributed by atoms with E-state index in [0.717, 1.165) is 10.4 Å². The van der Waals surface area contributed by atoms with E-state index in [1.807, 2.05) is 23.3 Å². The van der Waals surface area contributed by atoms with E-state index in [-0.39, 0.29) is 17.5 Å². The second kappa shape index (κ2) is 7.69. The number of anilines is 2. The van der Waals surface area contributed by atoms with Gasteiger partial charge in [0, 0.05) is 26.2 Å². The fraction of sp³-hybridized carbons (Fsp3) is 0.412. The van der Waals surface area contributed by atoms with E-state index in [2.05, 4.69) is 20.2 Å². The Hall–Kier alpha value is -2.57. The molecule has 1 aliphatic rings. The molecule has 154 valence electrons. The number of hydrogen-bond acceptors (Lipinski definition) is 10. The summed E-state index contributed by atoms with van der Waals surface area (Å²) in [6.07, 6.45) is 1.57. The highest BCUT2D eigenvalue weighted by Gasteiger charge is 2.27. The first-order valence-electron chi connectivity index (χ1n) is 9.12. The number of hydrogen-bond donors (Lipinski definition) is 1. The molecule has 0 spiro atoms. The molecule has 1 saturated heterocycles. The summed E-state index contributed by atoms with van der Waals surface area (Å²) in [5.41, 5.74) is 7.37. The zero-order valence-corrected chi connectivity index (χ0v) is 17.7. The highest BCUT2D eigenvalue weighted by Crippen LogP contribution is 2.31. The Kier molecular flexibility index (Phi) is 5.23. The van der Waals surface area contributed by atoms with Crippen LogP contribution in [0.15, 0.2) is 22.1 Å². The average molecular weight is 436 g/mol. The van der Waals surface area contributed by atoms with Gasteiger partial charge in [0.25, 0.3) is 11.8 Å². The van der Waals surface area contributed by atoms with Gasteiger partial charge in [-0.3, -0.25) is 0 Å². The monoisotopic (exact) mass is 435 g/mol. The summed E-state index contributed by atoms with van der Waals surface area (Å²) >= 11 is 1.52. The van der Waals surface area contributed by atoms with Crippen molar-refractivity contribution in [3.8, 4) is 22.4 Å². The fourth-order valence-electron chi connectivity index (χ4n) is 3.08. The van der Waals surface area contributed by atoms with Crippen molar-refractivity contribution in [1.82, 2.24) is 24.5 Å². The number of nitrogens with two attached hydrogens (primary N) is 1. The largest absolute Gasteiger partial charge is 0.414 e. The fourth-order valence-corrected chi connectivity index (χ4v) is 5.01. The normalized spacial score (nSPS) is 15.7. The first kappa shape index (κ1) is 19.7. The number of piperazine rings is 1. The predicted molar refractivity (Wildman–Crippen MR) is 111 cm³/mol. The van der Waals surface area contributed by atoms with Crippen LogP contribution in [0.3, 0.4) is 0 Å². The first-order valence-corrected chi connectivity index (χ1v) is 11.6. The van der Waals surface area contributed by atoms with Crippen molar-refractivity contribution in [3.63, 3.8) is 0 Å². The van der Waals surface area contributed by atoms with Crippen molar-refractivity contribution < 1.29 is 12.8 Å². The molecule has 0 amide bonds. The summed E-state index contributed by atoms with van der Waals surface area (Å²) < 4.78 is 31.4. The lowest BCUT2D eigenvalue weighted by Gasteiger charge is -2.34. The summed E-state index contributed by atoms with van der Waals surface area (Å²) in [5, 5.41) is 10.2. The zero-order valence-electron chi connectivity index (χ0n) is 16.1. The van der Waals surface area contributed by atoms with Crippen LogP contribution in [-0.2, 0) is 10.0 Å². The van der Waals surface area contributed by atoms with Gasteiger partial charge < -0.3 is 15.1 Å². The van der Waals surface area contributed by atoms with Crippen LogP contribution in [0.2, 0.25) is 0 Å². The maximum Gasteiger partial charge on any atom is 0.270 e. The summed E-state index contributed by atoms with van der Waals surface area (Å²) in [5.74, 6) is 1.50. The van der Waals surface area contributed by atoms with E-state index in [1.165, 1.54) is 15.6 Å². The molecule has 10 nitrogen and oxygen atoms in total. The number of aryl methyl sites for hydroxylation is 1. The van der Waals surface area contributed by atoms with Crippen LogP contribution in [0.1, 0.15) is 12.5 Å². The van der Waals surface area contributed by atoms with Crippen LogP contribution in [0.25, 0.3) is 22.4 Å². The zero-order chi connectivity index (χ0) is 20.6. The van der Waals surface area contributed by atoms with E-state index < -0.39 is 10.0 Å². The molecule has 1 aliphatic heterocycles. The van der Waals surface area contributed by atoms with Gasteiger partial charge in [-0.2, -0.15) is 4.31 Å². The minimum Gasteiger partial charge on any atom is -0.414 e. The Morgan fingerprint density at radius 2 is 1.93 bits per heavy atom. The third kappa shape index (κ3) is 3.82. The van der Waals surface area contributed by atoms with Crippen molar-refractivity contribution >= 4 is 33.0 Å². The third-order valence-corrected chi connectivity index (χ3v) is 7.68. The quantitative estimate of drug-likeness (QED) is 0.635. The molecule has 4 heterocycles. The van der Waals surface area contributed by atoms with Crippen LogP contribution in [0.5, 0.6) is 0 Å². The van der Waals surface area contributed by atoms with E-state index >= 15 is 0 Å². The van der Waals surface area contributed by atoms with E-state index in [1.54, 1.807) is 13.1 Å². The number of rotatable bonds is 5. The molecule has 3 aromatic rings. The molecule has 1 fully saturated rings. The van der Waals surface area contributed by atoms with Crippen LogP contribution < -0.4 is 10.6 Å². The van der Waals surface area contributed by atoms with Crippen LogP contribution in [-0.4, -0.2) is 64.8 Å². The average Bonchev–Trinajstić information content (AvgIpc) is 3.37. The van der Waals surface area contributed by atoms with Crippen molar-refractivity contribution in [1.29, 1.82) is 0 Å². The summed E-state index contributed by atoms with van der Waals surface area (Å²) in [7, 11) is -3.19. The molecular formula is C17H21N7O3S2. The Balaban J connectivity index is 1.57. The summed E-state index contributed by atoms with van der Waals surface area (Å²) in [6.45, 7) is 5.46. The van der Waals surface area contributed by atoms with Crippen molar-refractivity contribution in [2.75, 3.05) is 42.6 Å². The van der Waals surface area contributed by atoms with Gasteiger partial charge >= 0.3 is 0 Å². The Labute approximate surface area is 172 Å². The Bertz CT molecular complexity index is 1120.